The summed E-state index contributed by atoms with van der Waals surface area (Å²) in [5.74, 6) is 2.03. The first-order chi connectivity index (χ1) is 17.4. The summed E-state index contributed by atoms with van der Waals surface area (Å²) in [5, 5.41) is 6.89. The number of carbonyl (C=O) groups excluding carboxylic acids is 1. The Morgan fingerprint density at radius 2 is 1.94 bits per heavy atom. The average Bonchev–Trinajstić information content (AvgIpc) is 3.55. The minimum Gasteiger partial charge on any atom is -0.497 e. The minimum absolute atomic E-state index is 0.0794. The Balaban J connectivity index is 1.37. The largest absolute Gasteiger partial charge is 0.497 e. The van der Waals surface area contributed by atoms with Gasteiger partial charge in [0.05, 0.1) is 7.11 Å². The molecule has 0 atom stereocenters. The number of pyridine rings is 1. The highest BCUT2D eigenvalue weighted by Gasteiger charge is 2.21. The quantitative estimate of drug-likeness (QED) is 0.421. The monoisotopic (exact) mass is 488 g/mol. The van der Waals surface area contributed by atoms with E-state index in [1.165, 1.54) is 4.57 Å². The second-order valence-corrected chi connectivity index (χ2v) is 8.35. The number of aromatic nitrogens is 3. The van der Waals surface area contributed by atoms with Gasteiger partial charge in [-0.15, -0.1) is 0 Å². The van der Waals surface area contributed by atoms with E-state index in [9.17, 15) is 9.59 Å². The van der Waals surface area contributed by atoms with Gasteiger partial charge in [-0.2, -0.15) is 4.98 Å². The summed E-state index contributed by atoms with van der Waals surface area (Å²) in [7, 11) is 1.59. The molecule has 0 fully saturated rings. The Labute approximate surface area is 206 Å². The molecule has 2 aromatic heterocycles. The van der Waals surface area contributed by atoms with Gasteiger partial charge in [0, 0.05) is 17.8 Å². The van der Waals surface area contributed by atoms with Gasteiger partial charge >= 0.3 is 0 Å². The summed E-state index contributed by atoms with van der Waals surface area (Å²) in [4.78, 5) is 30.5. The molecule has 36 heavy (non-hydrogen) atoms. The molecule has 1 aliphatic heterocycles. The molecule has 4 aromatic rings. The Kier molecular flexibility index (Phi) is 6.16. The van der Waals surface area contributed by atoms with Gasteiger partial charge in [0.25, 0.3) is 11.4 Å². The van der Waals surface area contributed by atoms with Crippen LogP contribution in [-0.4, -0.2) is 34.5 Å². The molecule has 0 unspecified atom stereocenters. The lowest BCUT2D eigenvalue weighted by Gasteiger charge is -2.13. The first kappa shape index (κ1) is 23.2. The van der Waals surface area contributed by atoms with Gasteiger partial charge in [-0.1, -0.05) is 17.3 Å². The van der Waals surface area contributed by atoms with Gasteiger partial charge in [0.1, 0.15) is 17.9 Å². The summed E-state index contributed by atoms with van der Waals surface area (Å²) in [6.45, 7) is 3.89. The van der Waals surface area contributed by atoms with Crippen LogP contribution in [0.15, 0.2) is 57.8 Å². The second kappa shape index (κ2) is 9.57. The van der Waals surface area contributed by atoms with Crippen molar-refractivity contribution in [1.29, 1.82) is 0 Å². The first-order valence-corrected chi connectivity index (χ1v) is 11.3. The number of benzene rings is 2. The van der Waals surface area contributed by atoms with Crippen molar-refractivity contribution in [3.8, 4) is 40.1 Å². The molecule has 5 rings (SSSR count). The lowest BCUT2D eigenvalue weighted by Crippen LogP contribution is -2.34. The first-order valence-electron chi connectivity index (χ1n) is 11.3. The van der Waals surface area contributed by atoms with Crippen LogP contribution in [0.25, 0.3) is 22.8 Å². The maximum Gasteiger partial charge on any atom is 0.264 e. The number of hydrogen-bond donors (Lipinski definition) is 1. The van der Waals surface area contributed by atoms with Crippen molar-refractivity contribution in [2.45, 2.75) is 26.9 Å². The Bertz CT molecular complexity index is 1510. The molecule has 1 N–H and O–H groups in total. The predicted molar refractivity (Wildman–Crippen MR) is 130 cm³/mol. The standard InChI is InChI=1S/C26H24N4O6/c1-15-9-16(2)30(13-22(31)27-12-17-5-4-6-19(10-17)33-3)26(32)23(15)25-28-24(29-36-25)18-7-8-20-21(11-18)35-14-34-20/h4-11H,12-14H2,1-3H3,(H,27,31). The summed E-state index contributed by atoms with van der Waals surface area (Å²) in [6.07, 6.45) is 0. The number of rotatable bonds is 7. The predicted octanol–water partition coefficient (Wildman–Crippen LogP) is 3.24. The van der Waals surface area contributed by atoms with Crippen molar-refractivity contribution in [2.24, 2.45) is 0 Å². The molecule has 0 spiro atoms. The van der Waals surface area contributed by atoms with Crippen LogP contribution in [0, 0.1) is 13.8 Å². The van der Waals surface area contributed by atoms with Crippen molar-refractivity contribution in [3.05, 3.63) is 75.7 Å². The zero-order valence-corrected chi connectivity index (χ0v) is 20.0. The number of amides is 1. The molecular weight excluding hydrogens is 464 g/mol. The number of nitrogens with zero attached hydrogens (tertiary/aromatic N) is 3. The SMILES string of the molecule is COc1cccc(CNC(=O)Cn2c(C)cc(C)c(-c3nc(-c4ccc5c(c4)OCO5)no3)c2=O)c1. The molecule has 1 aliphatic rings. The third kappa shape index (κ3) is 4.52. The van der Waals surface area contributed by atoms with E-state index in [1.54, 1.807) is 39.2 Å². The molecule has 2 aromatic carbocycles. The molecule has 10 nitrogen and oxygen atoms in total. The Hall–Kier alpha value is -4.60. The van der Waals surface area contributed by atoms with E-state index in [4.69, 9.17) is 18.7 Å². The molecule has 184 valence electrons. The molecule has 0 saturated carbocycles. The van der Waals surface area contributed by atoms with Crippen LogP contribution < -0.4 is 25.1 Å². The molecule has 10 heteroatoms. The van der Waals surface area contributed by atoms with Crippen molar-refractivity contribution >= 4 is 5.91 Å². The molecule has 0 radical (unpaired) electrons. The second-order valence-electron chi connectivity index (χ2n) is 8.35. The molecule has 0 saturated heterocycles. The summed E-state index contributed by atoms with van der Waals surface area (Å²) >= 11 is 0. The molecule has 0 bridgehead atoms. The van der Waals surface area contributed by atoms with Crippen LogP contribution in [0.2, 0.25) is 0 Å². The highest BCUT2D eigenvalue weighted by molar-refractivity contribution is 5.76. The maximum atomic E-state index is 13.4. The fourth-order valence-corrected chi connectivity index (χ4v) is 4.04. The lowest BCUT2D eigenvalue weighted by molar-refractivity contribution is -0.121. The van der Waals surface area contributed by atoms with E-state index in [2.05, 4.69) is 15.5 Å². The van der Waals surface area contributed by atoms with E-state index in [-0.39, 0.29) is 36.3 Å². The number of nitrogens with one attached hydrogen (secondary N) is 1. The molecule has 0 aliphatic carbocycles. The van der Waals surface area contributed by atoms with Crippen molar-refractivity contribution in [2.75, 3.05) is 13.9 Å². The van der Waals surface area contributed by atoms with Crippen LogP contribution in [0.1, 0.15) is 16.8 Å². The van der Waals surface area contributed by atoms with Crippen LogP contribution >= 0.6 is 0 Å². The van der Waals surface area contributed by atoms with E-state index < -0.39 is 0 Å². The van der Waals surface area contributed by atoms with E-state index in [0.717, 1.165) is 5.56 Å². The highest BCUT2D eigenvalue weighted by Crippen LogP contribution is 2.35. The molecular formula is C26H24N4O6. The van der Waals surface area contributed by atoms with Gasteiger partial charge in [0.15, 0.2) is 11.5 Å². The molecule has 3 heterocycles. The van der Waals surface area contributed by atoms with Crippen LogP contribution in [0.5, 0.6) is 17.2 Å². The highest BCUT2D eigenvalue weighted by atomic mass is 16.7. The zero-order valence-electron chi connectivity index (χ0n) is 20.0. The minimum atomic E-state index is -0.384. The number of fused-ring (bicyclic) bond motifs is 1. The fraction of sp³-hybridized carbons (Fsp3) is 0.231. The number of methoxy groups -OCH3 is 1. The van der Waals surface area contributed by atoms with Crippen molar-refractivity contribution in [1.82, 2.24) is 20.0 Å². The fourth-order valence-electron chi connectivity index (χ4n) is 4.04. The summed E-state index contributed by atoms with van der Waals surface area (Å²) in [5.41, 5.74) is 2.74. The van der Waals surface area contributed by atoms with Crippen molar-refractivity contribution < 1.29 is 23.5 Å². The normalized spacial score (nSPS) is 12.0. The van der Waals surface area contributed by atoms with E-state index in [1.807, 2.05) is 30.3 Å². The van der Waals surface area contributed by atoms with Gasteiger partial charge in [-0.25, -0.2) is 0 Å². The van der Waals surface area contributed by atoms with Crippen LogP contribution in [-0.2, 0) is 17.9 Å². The number of ether oxygens (including phenoxy) is 3. The topological polar surface area (TPSA) is 118 Å². The van der Waals surface area contributed by atoms with E-state index in [0.29, 0.717) is 46.4 Å². The van der Waals surface area contributed by atoms with Gasteiger partial charge in [-0.05, 0) is 61.4 Å². The summed E-state index contributed by atoms with van der Waals surface area (Å²) in [6, 6.07) is 14.5. The number of carbonyl (C=O) groups is 1. The molecule has 1 amide bonds. The smallest absolute Gasteiger partial charge is 0.264 e. The van der Waals surface area contributed by atoms with Gasteiger partial charge in [0.2, 0.25) is 18.5 Å². The van der Waals surface area contributed by atoms with Gasteiger partial charge < -0.3 is 28.6 Å². The third-order valence-electron chi connectivity index (χ3n) is 5.90. The average molecular weight is 489 g/mol. The number of hydrogen-bond acceptors (Lipinski definition) is 8. The Morgan fingerprint density at radius 3 is 2.78 bits per heavy atom. The zero-order chi connectivity index (χ0) is 25.2. The van der Waals surface area contributed by atoms with Gasteiger partial charge in [-0.3, -0.25) is 9.59 Å². The van der Waals surface area contributed by atoms with Crippen LogP contribution in [0.4, 0.5) is 0 Å². The maximum absolute atomic E-state index is 13.4. The van der Waals surface area contributed by atoms with E-state index >= 15 is 0 Å². The Morgan fingerprint density at radius 1 is 1.11 bits per heavy atom. The van der Waals surface area contributed by atoms with Crippen molar-refractivity contribution in [3.63, 3.8) is 0 Å². The summed E-state index contributed by atoms with van der Waals surface area (Å²) < 4.78 is 22.8. The number of aryl methyl sites for hydroxylation is 2. The third-order valence-corrected chi connectivity index (χ3v) is 5.90. The van der Waals surface area contributed by atoms with Crippen LogP contribution in [0.3, 0.4) is 0 Å². The lowest BCUT2D eigenvalue weighted by atomic mass is 10.1.